The summed E-state index contributed by atoms with van der Waals surface area (Å²) in [6.07, 6.45) is 14.8. The van der Waals surface area contributed by atoms with Crippen molar-refractivity contribution in [2.75, 3.05) is 6.54 Å². The molecule has 9 nitrogen and oxygen atoms in total. The fraction of sp³-hybridized carbons (Fsp3) is 0.776. The van der Waals surface area contributed by atoms with Gasteiger partial charge in [0.1, 0.15) is 12.1 Å². The van der Waals surface area contributed by atoms with E-state index in [1.807, 2.05) is 30.3 Å². The van der Waals surface area contributed by atoms with Crippen LogP contribution in [0.15, 0.2) is 34.9 Å². The van der Waals surface area contributed by atoms with E-state index < -0.39 is 17.4 Å². The number of hydrogen-bond acceptors (Lipinski definition) is 7. The second-order valence-corrected chi connectivity index (χ2v) is 22.8. The Morgan fingerprint density at radius 2 is 1.57 bits per heavy atom. The highest BCUT2D eigenvalue weighted by atomic mass is 16.5. The van der Waals surface area contributed by atoms with Crippen LogP contribution in [0.3, 0.4) is 0 Å². The predicted molar refractivity (Wildman–Crippen MR) is 221 cm³/mol. The number of benzene rings is 1. The number of ether oxygens (including phenoxy) is 1. The third kappa shape index (κ3) is 5.75. The first-order chi connectivity index (χ1) is 27.3. The topological polar surface area (TPSA) is 123 Å². The molecule has 1 N–H and O–H groups in total. The van der Waals surface area contributed by atoms with E-state index in [-0.39, 0.29) is 45.6 Å². The number of aromatic nitrogens is 2. The molecule has 6 saturated carbocycles. The molecule has 7 aliphatic rings. The lowest BCUT2D eigenvalue weighted by Gasteiger charge is -2.73. The van der Waals surface area contributed by atoms with Crippen LogP contribution in [-0.4, -0.2) is 50.6 Å². The molecule has 9 rings (SSSR count). The van der Waals surface area contributed by atoms with Gasteiger partial charge < -0.3 is 19.3 Å². The summed E-state index contributed by atoms with van der Waals surface area (Å²) >= 11 is 0. The van der Waals surface area contributed by atoms with Gasteiger partial charge in [-0.15, -0.1) is 0 Å². The summed E-state index contributed by atoms with van der Waals surface area (Å²) in [5.74, 6) is 2.61. The molecule has 7 fully saturated rings. The van der Waals surface area contributed by atoms with Gasteiger partial charge in [0.25, 0.3) is 0 Å². The van der Waals surface area contributed by atoms with Crippen molar-refractivity contribution in [3.63, 3.8) is 0 Å². The van der Waals surface area contributed by atoms with Crippen molar-refractivity contribution in [3.8, 4) is 11.4 Å². The average Bonchev–Trinajstić information content (AvgIpc) is 3.56. The molecule has 0 radical (unpaired) electrons. The van der Waals surface area contributed by atoms with Crippen molar-refractivity contribution in [2.45, 2.75) is 164 Å². The van der Waals surface area contributed by atoms with Crippen molar-refractivity contribution in [1.82, 2.24) is 15.0 Å². The maximum absolute atomic E-state index is 15.6. The zero-order valence-electron chi connectivity index (χ0n) is 36.6. The smallest absolute Gasteiger partial charge is 0.309 e. The van der Waals surface area contributed by atoms with Crippen LogP contribution < -0.4 is 0 Å². The fourth-order valence-electron chi connectivity index (χ4n) is 15.8. The lowest BCUT2D eigenvalue weighted by molar-refractivity contribution is -0.251. The number of fused-ring (bicyclic) bond motifs is 7. The molecule has 58 heavy (non-hydrogen) atoms. The van der Waals surface area contributed by atoms with Gasteiger partial charge in [-0.05, 0) is 155 Å². The Morgan fingerprint density at radius 1 is 0.828 bits per heavy atom. The lowest BCUT2D eigenvalue weighted by atomic mass is 9.32. The number of rotatable bonds is 8. The molecule has 1 aromatic heterocycles. The second-order valence-electron chi connectivity index (χ2n) is 22.8. The third-order valence-electron chi connectivity index (χ3n) is 19.4. The number of likely N-dealkylation sites (tertiary alicyclic amines) is 1. The first-order valence-corrected chi connectivity index (χ1v) is 22.9. The fourth-order valence-corrected chi connectivity index (χ4v) is 15.8. The molecule has 9 heteroatoms. The summed E-state index contributed by atoms with van der Waals surface area (Å²) < 4.78 is 12.2. The highest BCUT2D eigenvalue weighted by Crippen LogP contribution is 2.79. The SMILES string of the molecule is CC(C)(CC(=O)O[C@H]1CC[C@]2(C)[C@H]3CC[C@@H]4[C@H]5[C@H](C6(C)CC6)CC[C@]5(C(=O)N5CCCC5c5nc(-c6ccccc6)no5)CC[C@@]4(C)[C@]3(C)CC[C@H]2C1(C)C)C(=O)O. The van der Waals surface area contributed by atoms with Crippen molar-refractivity contribution >= 4 is 17.8 Å². The minimum atomic E-state index is -1.15. The number of amides is 1. The standard InChI is InChI=1S/C49H69N3O6/c1-43(2,42(55)56)29-37(53)57-36-20-21-46(6)34(44(36,3)4)19-22-48(8)35(46)17-16-32-38-31(45(5)24-25-45)18-23-49(38,27-26-47(32,48)7)41(54)52-28-12-15-33(52)40-50-39(51-58-40)30-13-10-9-11-14-30/h9-11,13-14,31-36,38H,12,15-29H2,1-8H3,(H,55,56)/t31-,32-,33?,34+,35-,36+,38-,46+,47-,48-,49+/m1/s1. The van der Waals surface area contributed by atoms with E-state index in [1.54, 1.807) is 13.8 Å². The van der Waals surface area contributed by atoms with E-state index in [9.17, 15) is 14.7 Å². The Balaban J connectivity index is 0.991. The van der Waals surface area contributed by atoms with Crippen LogP contribution in [0.2, 0.25) is 0 Å². The van der Waals surface area contributed by atoms with E-state index in [4.69, 9.17) is 14.2 Å². The molecule has 1 aliphatic heterocycles. The third-order valence-corrected chi connectivity index (χ3v) is 19.4. The molecule has 2 heterocycles. The molecule has 0 spiro atoms. The minimum Gasteiger partial charge on any atom is -0.481 e. The molecule has 316 valence electrons. The molecular weight excluding hydrogens is 727 g/mol. The maximum atomic E-state index is 15.6. The molecule has 2 aromatic rings. The number of nitrogens with zero attached hydrogens (tertiary/aromatic N) is 3. The first-order valence-electron chi connectivity index (χ1n) is 22.9. The van der Waals surface area contributed by atoms with Crippen molar-refractivity contribution < 1.29 is 28.8 Å². The molecule has 1 aromatic carbocycles. The zero-order valence-corrected chi connectivity index (χ0v) is 36.6. The Bertz CT molecular complexity index is 1950. The van der Waals surface area contributed by atoms with Crippen LogP contribution >= 0.6 is 0 Å². The normalized spacial score (nSPS) is 41.1. The molecule has 0 bridgehead atoms. The Labute approximate surface area is 346 Å². The second kappa shape index (κ2) is 13.4. The van der Waals surface area contributed by atoms with Crippen LogP contribution in [0.1, 0.15) is 164 Å². The summed E-state index contributed by atoms with van der Waals surface area (Å²) in [7, 11) is 0. The Kier molecular flexibility index (Phi) is 9.27. The maximum Gasteiger partial charge on any atom is 0.309 e. The van der Waals surface area contributed by atoms with Crippen LogP contribution in [-0.2, 0) is 19.1 Å². The molecule has 1 unspecified atom stereocenters. The van der Waals surface area contributed by atoms with Gasteiger partial charge in [-0.3, -0.25) is 14.4 Å². The van der Waals surface area contributed by atoms with Gasteiger partial charge in [-0.25, -0.2) is 0 Å². The quantitative estimate of drug-likeness (QED) is 0.262. The molecule has 1 amide bonds. The number of aliphatic carboxylic acids is 1. The Hall–Kier alpha value is -3.23. The Morgan fingerprint density at radius 3 is 2.28 bits per heavy atom. The van der Waals surface area contributed by atoms with Gasteiger partial charge in [0.15, 0.2) is 0 Å². The van der Waals surface area contributed by atoms with E-state index in [0.717, 1.165) is 76.3 Å². The number of carbonyl (C=O) groups excluding carboxylic acids is 2. The highest BCUT2D eigenvalue weighted by molar-refractivity contribution is 5.85. The first kappa shape index (κ1) is 40.2. The van der Waals surface area contributed by atoms with Crippen molar-refractivity contribution in [1.29, 1.82) is 0 Å². The lowest BCUT2D eigenvalue weighted by Crippen LogP contribution is -2.67. The van der Waals surface area contributed by atoms with E-state index >= 15 is 4.79 Å². The van der Waals surface area contributed by atoms with Crippen molar-refractivity contribution in [2.24, 2.45) is 67.5 Å². The summed E-state index contributed by atoms with van der Waals surface area (Å²) in [5.41, 5.74) is -0.0506. The number of carboxylic acids is 1. The number of esters is 1. The number of carboxylic acid groups (broad SMARTS) is 1. The number of carbonyl (C=O) groups is 3. The average molecular weight is 796 g/mol. The van der Waals surface area contributed by atoms with Gasteiger partial charge in [0.05, 0.1) is 17.3 Å². The summed E-state index contributed by atoms with van der Waals surface area (Å²) in [6.45, 7) is 19.0. The zero-order chi connectivity index (χ0) is 41.3. The molecule has 11 atom stereocenters. The largest absolute Gasteiger partial charge is 0.481 e. The van der Waals surface area contributed by atoms with E-state index in [0.29, 0.717) is 52.6 Å². The van der Waals surface area contributed by atoms with Crippen molar-refractivity contribution in [3.05, 3.63) is 36.2 Å². The summed E-state index contributed by atoms with van der Waals surface area (Å²) in [5, 5.41) is 14.1. The predicted octanol–water partition coefficient (Wildman–Crippen LogP) is 10.7. The van der Waals surface area contributed by atoms with Gasteiger partial charge in [0.2, 0.25) is 17.6 Å². The highest BCUT2D eigenvalue weighted by Gasteiger charge is 2.74. The monoisotopic (exact) mass is 796 g/mol. The summed E-state index contributed by atoms with van der Waals surface area (Å²) in [4.78, 5) is 47.7. The van der Waals surface area contributed by atoms with Crippen LogP contribution in [0.25, 0.3) is 11.4 Å². The van der Waals surface area contributed by atoms with E-state index in [2.05, 4.69) is 51.6 Å². The molecular formula is C49H69N3O6. The van der Waals surface area contributed by atoms with Gasteiger partial charge in [-0.1, -0.05) is 77.0 Å². The van der Waals surface area contributed by atoms with Gasteiger partial charge in [-0.2, -0.15) is 4.98 Å². The summed E-state index contributed by atoms with van der Waals surface area (Å²) in [6, 6.07) is 9.81. The number of hydrogen-bond donors (Lipinski definition) is 1. The van der Waals surface area contributed by atoms with Gasteiger partial charge >= 0.3 is 11.9 Å². The van der Waals surface area contributed by atoms with Crippen LogP contribution in [0.4, 0.5) is 0 Å². The minimum absolute atomic E-state index is 0.112. The molecule has 1 saturated heterocycles. The van der Waals surface area contributed by atoms with Gasteiger partial charge in [0, 0.05) is 17.5 Å². The van der Waals surface area contributed by atoms with Crippen LogP contribution in [0.5, 0.6) is 0 Å². The van der Waals surface area contributed by atoms with Crippen LogP contribution in [0, 0.1) is 67.5 Å². The molecule has 6 aliphatic carbocycles. The van der Waals surface area contributed by atoms with E-state index in [1.165, 1.54) is 25.7 Å².